The van der Waals surface area contributed by atoms with Gasteiger partial charge in [-0.2, -0.15) is 0 Å². The number of nitrogens with one attached hydrogen (secondary N) is 2. The molecule has 0 radical (unpaired) electrons. The summed E-state index contributed by atoms with van der Waals surface area (Å²) in [6.07, 6.45) is 5.98. The summed E-state index contributed by atoms with van der Waals surface area (Å²) in [5.74, 6) is -0.229. The molecule has 0 aliphatic carbocycles. The van der Waals surface area contributed by atoms with Crippen LogP contribution in [0.15, 0.2) is 54.7 Å². The average Bonchev–Trinajstić information content (AvgIpc) is 3.28. The lowest BCUT2D eigenvalue weighted by molar-refractivity contribution is -0.117. The number of carbonyl (C=O) groups excluding carboxylic acids is 1. The minimum Gasteiger partial charge on any atom is -0.360 e. The standard InChI is InChI=1S/C25H26FN3O.ClH/c1-25(2,14-20-18-5-3-4-6-22(18)28-24(20)30)29-11-9-16(10-12-29)21-15-27-23-13-17(26)7-8-19(21)23;/h3-9,13,15,20,27H,10-12,14H2,1-2H3,(H,28,30);1H. The number of para-hydroxylation sites is 1. The summed E-state index contributed by atoms with van der Waals surface area (Å²) in [6, 6.07) is 12.9. The summed E-state index contributed by atoms with van der Waals surface area (Å²) in [6.45, 7) is 6.23. The number of fused-ring (bicyclic) bond motifs is 2. The van der Waals surface area contributed by atoms with Gasteiger partial charge in [-0.25, -0.2) is 4.39 Å². The van der Waals surface area contributed by atoms with Crippen LogP contribution in [0.5, 0.6) is 0 Å². The Hall–Kier alpha value is -2.63. The summed E-state index contributed by atoms with van der Waals surface area (Å²) in [4.78, 5) is 18.2. The maximum atomic E-state index is 13.5. The van der Waals surface area contributed by atoms with E-state index in [-0.39, 0.29) is 35.6 Å². The minimum atomic E-state index is -0.223. The topological polar surface area (TPSA) is 48.1 Å². The largest absolute Gasteiger partial charge is 0.360 e. The summed E-state index contributed by atoms with van der Waals surface area (Å²) in [5.41, 5.74) is 5.23. The van der Waals surface area contributed by atoms with E-state index in [1.807, 2.05) is 30.5 Å². The molecule has 2 aliphatic heterocycles. The normalized spacial score (nSPS) is 19.0. The Morgan fingerprint density at radius 3 is 2.77 bits per heavy atom. The number of aromatic amines is 1. The molecule has 6 heteroatoms. The van der Waals surface area contributed by atoms with E-state index in [0.29, 0.717) is 0 Å². The molecule has 1 unspecified atom stereocenters. The molecule has 2 aliphatic rings. The van der Waals surface area contributed by atoms with Gasteiger partial charge in [-0.15, -0.1) is 12.4 Å². The third-order valence-electron chi connectivity index (χ3n) is 6.67. The lowest BCUT2D eigenvalue weighted by Crippen LogP contribution is -2.47. The predicted molar refractivity (Wildman–Crippen MR) is 126 cm³/mol. The van der Waals surface area contributed by atoms with Crippen molar-refractivity contribution >= 4 is 40.5 Å². The number of H-pyrrole nitrogens is 1. The van der Waals surface area contributed by atoms with Crippen molar-refractivity contribution in [1.29, 1.82) is 0 Å². The highest BCUT2D eigenvalue weighted by atomic mass is 35.5. The van der Waals surface area contributed by atoms with E-state index in [4.69, 9.17) is 0 Å². The molecule has 0 bridgehead atoms. The zero-order chi connectivity index (χ0) is 20.9. The number of aromatic nitrogens is 1. The van der Waals surface area contributed by atoms with Gasteiger partial charge in [0.1, 0.15) is 5.82 Å². The van der Waals surface area contributed by atoms with E-state index in [0.717, 1.165) is 53.6 Å². The van der Waals surface area contributed by atoms with Crippen molar-refractivity contribution in [1.82, 2.24) is 9.88 Å². The van der Waals surface area contributed by atoms with Gasteiger partial charge in [0, 0.05) is 47.0 Å². The van der Waals surface area contributed by atoms with E-state index in [2.05, 4.69) is 41.2 Å². The third-order valence-corrected chi connectivity index (χ3v) is 6.67. The molecule has 1 amide bonds. The number of hydrogen-bond donors (Lipinski definition) is 2. The van der Waals surface area contributed by atoms with Crippen LogP contribution in [-0.2, 0) is 4.79 Å². The van der Waals surface area contributed by atoms with Crippen LogP contribution < -0.4 is 5.32 Å². The van der Waals surface area contributed by atoms with Crippen molar-refractivity contribution in [2.24, 2.45) is 0 Å². The van der Waals surface area contributed by atoms with Crippen molar-refractivity contribution in [3.63, 3.8) is 0 Å². The second kappa shape index (κ2) is 8.13. The van der Waals surface area contributed by atoms with Crippen molar-refractivity contribution in [2.45, 2.75) is 38.1 Å². The van der Waals surface area contributed by atoms with E-state index >= 15 is 0 Å². The molecule has 1 atom stereocenters. The van der Waals surface area contributed by atoms with E-state index in [1.54, 1.807) is 6.07 Å². The van der Waals surface area contributed by atoms with Crippen molar-refractivity contribution in [3.8, 4) is 0 Å². The van der Waals surface area contributed by atoms with Crippen LogP contribution in [-0.4, -0.2) is 34.4 Å². The van der Waals surface area contributed by atoms with E-state index < -0.39 is 0 Å². The van der Waals surface area contributed by atoms with Crippen molar-refractivity contribution in [3.05, 3.63) is 71.7 Å². The molecule has 0 spiro atoms. The van der Waals surface area contributed by atoms with Crippen LogP contribution >= 0.6 is 12.4 Å². The first-order valence-corrected chi connectivity index (χ1v) is 10.5. The highest BCUT2D eigenvalue weighted by Crippen LogP contribution is 2.40. The molecule has 0 fully saturated rings. The van der Waals surface area contributed by atoms with Crippen LogP contribution in [0.4, 0.5) is 10.1 Å². The molecular weight excluding hydrogens is 413 g/mol. The van der Waals surface area contributed by atoms with Crippen LogP contribution in [0.3, 0.4) is 0 Å². The van der Waals surface area contributed by atoms with Gasteiger partial charge in [-0.1, -0.05) is 24.3 Å². The van der Waals surface area contributed by atoms with Gasteiger partial charge < -0.3 is 10.3 Å². The number of amides is 1. The highest BCUT2D eigenvalue weighted by Gasteiger charge is 2.38. The summed E-state index contributed by atoms with van der Waals surface area (Å²) < 4.78 is 13.5. The first-order valence-electron chi connectivity index (χ1n) is 10.5. The zero-order valence-electron chi connectivity index (χ0n) is 17.7. The molecule has 3 aromatic rings. The van der Waals surface area contributed by atoms with Gasteiger partial charge in [0.05, 0.1) is 5.92 Å². The quantitative estimate of drug-likeness (QED) is 0.546. The Kier molecular flexibility index (Phi) is 5.67. The molecule has 0 saturated carbocycles. The fourth-order valence-corrected chi connectivity index (χ4v) is 4.93. The summed E-state index contributed by atoms with van der Waals surface area (Å²) in [7, 11) is 0. The molecule has 5 rings (SSSR count). The third kappa shape index (κ3) is 3.88. The van der Waals surface area contributed by atoms with Gasteiger partial charge >= 0.3 is 0 Å². The Bertz CT molecular complexity index is 1170. The SMILES string of the molecule is CC(C)(CC1C(=O)Nc2ccccc21)N1CC=C(c2c[nH]c3cc(F)ccc23)CC1.Cl. The second-order valence-electron chi connectivity index (χ2n) is 8.96. The highest BCUT2D eigenvalue weighted by molar-refractivity contribution is 6.02. The van der Waals surface area contributed by atoms with Gasteiger partial charge in [0.25, 0.3) is 0 Å². The Balaban J connectivity index is 0.00000231. The Morgan fingerprint density at radius 1 is 1.19 bits per heavy atom. The molecule has 2 aromatic carbocycles. The lowest BCUT2D eigenvalue weighted by atomic mass is 9.84. The average molecular weight is 440 g/mol. The lowest BCUT2D eigenvalue weighted by Gasteiger charge is -2.41. The van der Waals surface area contributed by atoms with Gasteiger partial charge in [0.15, 0.2) is 0 Å². The van der Waals surface area contributed by atoms with Crippen molar-refractivity contribution < 1.29 is 9.18 Å². The smallest absolute Gasteiger partial charge is 0.232 e. The van der Waals surface area contributed by atoms with E-state index in [9.17, 15) is 9.18 Å². The summed E-state index contributed by atoms with van der Waals surface area (Å²) in [5, 5.41) is 4.08. The van der Waals surface area contributed by atoms with Crippen LogP contribution in [0.1, 0.15) is 43.7 Å². The van der Waals surface area contributed by atoms with Gasteiger partial charge in [-0.05, 0) is 62.1 Å². The molecule has 162 valence electrons. The Labute approximate surface area is 187 Å². The predicted octanol–water partition coefficient (Wildman–Crippen LogP) is 5.72. The number of benzene rings is 2. The van der Waals surface area contributed by atoms with Crippen LogP contribution in [0.2, 0.25) is 0 Å². The zero-order valence-corrected chi connectivity index (χ0v) is 18.6. The monoisotopic (exact) mass is 439 g/mol. The molecule has 4 nitrogen and oxygen atoms in total. The number of carbonyl (C=O) groups is 1. The number of nitrogens with zero attached hydrogens (tertiary/aromatic N) is 1. The number of hydrogen-bond acceptors (Lipinski definition) is 2. The first kappa shape index (κ1) is 21.6. The minimum absolute atomic E-state index is 0. The second-order valence-corrected chi connectivity index (χ2v) is 8.96. The van der Waals surface area contributed by atoms with E-state index in [1.165, 1.54) is 11.6 Å². The van der Waals surface area contributed by atoms with Crippen LogP contribution in [0, 0.1) is 5.82 Å². The number of anilines is 1. The number of rotatable bonds is 4. The maximum Gasteiger partial charge on any atom is 0.232 e. The fourth-order valence-electron chi connectivity index (χ4n) is 4.93. The van der Waals surface area contributed by atoms with Crippen LogP contribution in [0.25, 0.3) is 16.5 Å². The van der Waals surface area contributed by atoms with Gasteiger partial charge in [0.2, 0.25) is 5.91 Å². The summed E-state index contributed by atoms with van der Waals surface area (Å²) >= 11 is 0. The number of halogens is 2. The van der Waals surface area contributed by atoms with Crippen molar-refractivity contribution in [2.75, 3.05) is 18.4 Å². The molecule has 0 saturated heterocycles. The maximum absolute atomic E-state index is 13.5. The molecule has 31 heavy (non-hydrogen) atoms. The molecule has 2 N–H and O–H groups in total. The molecular formula is C25H27ClFN3O. The molecule has 1 aromatic heterocycles. The first-order chi connectivity index (χ1) is 14.4. The fraction of sp³-hybridized carbons (Fsp3) is 0.320. The molecule has 3 heterocycles. The van der Waals surface area contributed by atoms with Gasteiger partial charge in [-0.3, -0.25) is 9.69 Å². The Morgan fingerprint density at radius 2 is 2.00 bits per heavy atom.